The summed E-state index contributed by atoms with van der Waals surface area (Å²) in [6.45, 7) is 1.80. The molecule has 1 N–H and O–H groups in total. The Morgan fingerprint density at radius 3 is 2.53 bits per heavy atom. The first-order valence-corrected chi connectivity index (χ1v) is 6.65. The lowest BCUT2D eigenvalue weighted by Crippen LogP contribution is -2.10. The topological polar surface area (TPSA) is 24.9 Å². The molecule has 0 saturated carbocycles. The van der Waals surface area contributed by atoms with Gasteiger partial charge in [0.2, 0.25) is 0 Å². The number of pyridine rings is 1. The van der Waals surface area contributed by atoms with Crippen molar-refractivity contribution in [2.45, 2.75) is 13.0 Å². The second-order valence-electron chi connectivity index (χ2n) is 3.98. The van der Waals surface area contributed by atoms with E-state index >= 15 is 0 Å². The van der Waals surface area contributed by atoms with Crippen molar-refractivity contribution < 1.29 is 4.39 Å². The monoisotopic (exact) mass is 318 g/mol. The van der Waals surface area contributed by atoms with Gasteiger partial charge in [-0.2, -0.15) is 0 Å². The highest BCUT2D eigenvalue weighted by Gasteiger charge is 2.14. The molecule has 0 bridgehead atoms. The summed E-state index contributed by atoms with van der Waals surface area (Å²) < 4.78 is 13.6. The fourth-order valence-electron chi connectivity index (χ4n) is 1.65. The second-order valence-corrected chi connectivity index (χ2v) is 5.15. The fraction of sp³-hybridized carbons (Fsp3) is 0.154. The third-order valence-electron chi connectivity index (χ3n) is 2.61. The van der Waals surface area contributed by atoms with E-state index in [1.54, 1.807) is 25.1 Å². The highest BCUT2D eigenvalue weighted by atomic mass is 35.5. The standard InChI is InChI=1S/C13H10Cl3FN2/c1-7(8-4-2-3-5-11(8)17)18-13-10(15)6-9(14)12(16)19-13/h2-7H,1H3,(H,18,19). The summed E-state index contributed by atoms with van der Waals surface area (Å²) in [5, 5.41) is 3.76. The molecule has 2 nitrogen and oxygen atoms in total. The van der Waals surface area contributed by atoms with Crippen molar-refractivity contribution in [3.63, 3.8) is 0 Å². The van der Waals surface area contributed by atoms with Gasteiger partial charge in [-0.15, -0.1) is 0 Å². The second kappa shape index (κ2) is 5.95. The van der Waals surface area contributed by atoms with Gasteiger partial charge in [-0.25, -0.2) is 9.37 Å². The van der Waals surface area contributed by atoms with Gasteiger partial charge in [0.05, 0.1) is 16.1 Å². The zero-order chi connectivity index (χ0) is 14.0. The highest BCUT2D eigenvalue weighted by molar-refractivity contribution is 6.42. The van der Waals surface area contributed by atoms with Crippen molar-refractivity contribution in [3.8, 4) is 0 Å². The third kappa shape index (κ3) is 3.30. The van der Waals surface area contributed by atoms with Gasteiger partial charge in [-0.1, -0.05) is 53.0 Å². The van der Waals surface area contributed by atoms with Crippen molar-refractivity contribution in [2.75, 3.05) is 5.32 Å². The molecule has 1 unspecified atom stereocenters. The Morgan fingerprint density at radius 2 is 1.84 bits per heavy atom. The summed E-state index contributed by atoms with van der Waals surface area (Å²) in [7, 11) is 0. The van der Waals surface area contributed by atoms with Crippen LogP contribution in [0.4, 0.5) is 10.2 Å². The molecule has 0 fully saturated rings. The molecule has 0 aliphatic rings. The number of nitrogens with one attached hydrogen (secondary N) is 1. The molecule has 0 saturated heterocycles. The molecule has 1 aromatic heterocycles. The third-order valence-corrected chi connectivity index (χ3v) is 3.57. The first-order valence-electron chi connectivity index (χ1n) is 5.51. The summed E-state index contributed by atoms with van der Waals surface area (Å²) in [6, 6.07) is 7.68. The van der Waals surface area contributed by atoms with Crippen LogP contribution < -0.4 is 5.32 Å². The summed E-state index contributed by atoms with van der Waals surface area (Å²) in [5.74, 6) is 0.0745. The molecule has 100 valence electrons. The van der Waals surface area contributed by atoms with Crippen LogP contribution in [0.1, 0.15) is 18.5 Å². The summed E-state index contributed by atoms with van der Waals surface area (Å²) in [4.78, 5) is 4.04. The number of rotatable bonds is 3. The van der Waals surface area contributed by atoms with Crippen LogP contribution in [-0.2, 0) is 0 Å². The van der Waals surface area contributed by atoms with Crippen LogP contribution in [0.15, 0.2) is 30.3 Å². The van der Waals surface area contributed by atoms with E-state index < -0.39 is 0 Å². The Morgan fingerprint density at radius 1 is 1.16 bits per heavy atom. The molecule has 0 aliphatic carbocycles. The molecular formula is C13H10Cl3FN2. The van der Waals surface area contributed by atoms with E-state index in [1.165, 1.54) is 12.1 Å². The number of benzene rings is 1. The van der Waals surface area contributed by atoms with Gasteiger partial charge in [0.1, 0.15) is 16.8 Å². The van der Waals surface area contributed by atoms with Gasteiger partial charge in [-0.05, 0) is 19.1 Å². The Hall–Kier alpha value is -1.03. The van der Waals surface area contributed by atoms with E-state index in [9.17, 15) is 4.39 Å². The first-order chi connectivity index (χ1) is 8.99. The van der Waals surface area contributed by atoms with E-state index in [2.05, 4.69) is 10.3 Å². The van der Waals surface area contributed by atoms with Gasteiger partial charge < -0.3 is 5.32 Å². The van der Waals surface area contributed by atoms with E-state index in [1.807, 2.05) is 0 Å². The smallest absolute Gasteiger partial charge is 0.150 e. The van der Waals surface area contributed by atoms with Crippen molar-refractivity contribution in [3.05, 3.63) is 56.9 Å². The molecule has 19 heavy (non-hydrogen) atoms. The molecule has 1 atom stereocenters. The molecular weight excluding hydrogens is 310 g/mol. The van der Waals surface area contributed by atoms with Gasteiger partial charge >= 0.3 is 0 Å². The van der Waals surface area contributed by atoms with Gasteiger partial charge in [0.15, 0.2) is 0 Å². The Bertz CT molecular complexity index is 604. The Balaban J connectivity index is 2.27. The number of hydrogen-bond acceptors (Lipinski definition) is 2. The number of anilines is 1. The molecule has 0 spiro atoms. The van der Waals surface area contributed by atoms with E-state index in [4.69, 9.17) is 34.8 Å². The van der Waals surface area contributed by atoms with Crippen molar-refractivity contribution in [2.24, 2.45) is 0 Å². The van der Waals surface area contributed by atoms with Crippen LogP contribution in [0.2, 0.25) is 15.2 Å². The predicted octanol–water partition coefficient (Wildman–Crippen LogP) is 5.35. The maximum Gasteiger partial charge on any atom is 0.150 e. The summed E-state index contributed by atoms with van der Waals surface area (Å²) in [6.07, 6.45) is 0. The Labute approximate surface area is 125 Å². The maximum atomic E-state index is 13.6. The lowest BCUT2D eigenvalue weighted by molar-refractivity contribution is 0.600. The lowest BCUT2D eigenvalue weighted by atomic mass is 10.1. The normalized spacial score (nSPS) is 12.3. The van der Waals surface area contributed by atoms with Gasteiger partial charge in [0, 0.05) is 5.56 Å². The van der Waals surface area contributed by atoms with Crippen LogP contribution >= 0.6 is 34.8 Å². The molecule has 6 heteroatoms. The molecule has 1 heterocycles. The summed E-state index contributed by atoms with van der Waals surface area (Å²) in [5.41, 5.74) is 0.520. The molecule has 0 radical (unpaired) electrons. The zero-order valence-electron chi connectivity index (χ0n) is 9.92. The largest absolute Gasteiger partial charge is 0.362 e. The van der Waals surface area contributed by atoms with Crippen LogP contribution in [0.25, 0.3) is 0 Å². The van der Waals surface area contributed by atoms with E-state index in [0.717, 1.165) is 0 Å². The molecule has 2 rings (SSSR count). The minimum absolute atomic E-state index is 0.148. The van der Waals surface area contributed by atoms with E-state index in [-0.39, 0.29) is 22.0 Å². The average Bonchev–Trinajstić information content (AvgIpc) is 2.36. The highest BCUT2D eigenvalue weighted by Crippen LogP contribution is 2.31. The quantitative estimate of drug-likeness (QED) is 0.771. The van der Waals surface area contributed by atoms with Crippen molar-refractivity contribution in [1.29, 1.82) is 0 Å². The molecule has 0 amide bonds. The summed E-state index contributed by atoms with van der Waals surface area (Å²) >= 11 is 17.6. The van der Waals surface area contributed by atoms with Gasteiger partial charge in [0.25, 0.3) is 0 Å². The SMILES string of the molecule is CC(Nc1nc(Cl)c(Cl)cc1Cl)c1ccccc1F. The molecule has 0 aliphatic heterocycles. The Kier molecular flexibility index (Phi) is 4.50. The first kappa shape index (κ1) is 14.4. The fourth-order valence-corrected chi connectivity index (χ4v) is 2.21. The maximum absolute atomic E-state index is 13.6. The average molecular weight is 320 g/mol. The minimum Gasteiger partial charge on any atom is -0.362 e. The molecule has 2 aromatic rings. The van der Waals surface area contributed by atoms with Crippen LogP contribution in [0, 0.1) is 5.82 Å². The number of hydrogen-bond donors (Lipinski definition) is 1. The minimum atomic E-state index is -0.302. The van der Waals surface area contributed by atoms with Crippen molar-refractivity contribution in [1.82, 2.24) is 4.98 Å². The lowest BCUT2D eigenvalue weighted by Gasteiger charge is -2.16. The molecule has 1 aromatic carbocycles. The predicted molar refractivity (Wildman–Crippen MR) is 77.7 cm³/mol. The number of halogens is 4. The number of aromatic nitrogens is 1. The van der Waals surface area contributed by atoms with Crippen molar-refractivity contribution >= 4 is 40.6 Å². The number of nitrogens with zero attached hydrogens (tertiary/aromatic N) is 1. The zero-order valence-corrected chi connectivity index (χ0v) is 12.2. The van der Waals surface area contributed by atoms with Crippen LogP contribution in [-0.4, -0.2) is 4.98 Å². The van der Waals surface area contributed by atoms with Crippen LogP contribution in [0.5, 0.6) is 0 Å². The van der Waals surface area contributed by atoms with E-state index in [0.29, 0.717) is 16.4 Å². The van der Waals surface area contributed by atoms with Gasteiger partial charge in [-0.3, -0.25) is 0 Å². The van der Waals surface area contributed by atoms with Crippen LogP contribution in [0.3, 0.4) is 0 Å².